The molecule has 0 atom stereocenters. The molecule has 82 valence electrons. The van der Waals surface area contributed by atoms with Gasteiger partial charge in [-0.25, -0.2) is 4.79 Å². The first-order valence-electron chi connectivity index (χ1n) is 4.00. The Labute approximate surface area is 84.3 Å². The number of benzene rings is 1. The Morgan fingerprint density at radius 1 is 1.53 bits per heavy atom. The number of hydrogen-bond acceptors (Lipinski definition) is 3. The van der Waals surface area contributed by atoms with E-state index in [9.17, 15) is 13.6 Å². The summed E-state index contributed by atoms with van der Waals surface area (Å²) in [7, 11) is 0. The van der Waals surface area contributed by atoms with E-state index in [2.05, 4.69) is 4.74 Å². The number of alkyl halides is 2. The van der Waals surface area contributed by atoms with E-state index < -0.39 is 12.6 Å². The van der Waals surface area contributed by atoms with Crippen LogP contribution in [-0.2, 0) is 0 Å². The summed E-state index contributed by atoms with van der Waals surface area (Å²) in [5.74, 6) is -1.33. The van der Waals surface area contributed by atoms with Gasteiger partial charge in [-0.3, -0.25) is 0 Å². The predicted molar refractivity (Wildman–Crippen MR) is 49.2 cm³/mol. The van der Waals surface area contributed by atoms with Crippen molar-refractivity contribution in [2.24, 2.45) is 0 Å². The van der Waals surface area contributed by atoms with Gasteiger partial charge in [0, 0.05) is 5.56 Å². The highest BCUT2D eigenvalue weighted by molar-refractivity contribution is 5.94. The normalized spacial score (nSPS) is 10.4. The van der Waals surface area contributed by atoms with Crippen LogP contribution in [0, 0.1) is 6.92 Å². The maximum Gasteiger partial charge on any atom is 0.387 e. The second kappa shape index (κ2) is 4.12. The zero-order valence-corrected chi connectivity index (χ0v) is 7.83. The molecule has 0 aliphatic rings. The van der Waals surface area contributed by atoms with Crippen LogP contribution in [0.3, 0.4) is 0 Å². The van der Waals surface area contributed by atoms with E-state index in [0.717, 1.165) is 12.1 Å². The Morgan fingerprint density at radius 3 is 2.60 bits per heavy atom. The quantitative estimate of drug-likeness (QED) is 0.758. The van der Waals surface area contributed by atoms with Crippen LogP contribution < -0.4 is 10.5 Å². The third-order valence-electron chi connectivity index (χ3n) is 1.91. The Morgan fingerprint density at radius 2 is 2.13 bits per heavy atom. The number of anilines is 1. The topological polar surface area (TPSA) is 72.5 Å². The number of rotatable bonds is 3. The van der Waals surface area contributed by atoms with Crippen molar-refractivity contribution in [2.75, 3.05) is 5.73 Å². The van der Waals surface area contributed by atoms with Crippen LogP contribution >= 0.6 is 0 Å². The summed E-state index contributed by atoms with van der Waals surface area (Å²) in [5, 5.41) is 8.69. The summed E-state index contributed by atoms with van der Waals surface area (Å²) in [6.45, 7) is -1.54. The molecule has 4 nitrogen and oxygen atoms in total. The number of hydrogen-bond donors (Lipinski definition) is 2. The van der Waals surface area contributed by atoms with Gasteiger partial charge in [0.2, 0.25) is 0 Å². The average molecular weight is 217 g/mol. The largest absolute Gasteiger partial charge is 0.478 e. The maximum absolute atomic E-state index is 11.9. The molecule has 0 aliphatic carbocycles. The molecule has 3 N–H and O–H groups in total. The molecular formula is C9H9F2NO3. The molecule has 15 heavy (non-hydrogen) atoms. The van der Waals surface area contributed by atoms with Crippen molar-refractivity contribution in [1.82, 2.24) is 0 Å². The number of nitrogen functional groups attached to an aromatic ring is 1. The van der Waals surface area contributed by atoms with Gasteiger partial charge in [-0.2, -0.15) is 8.78 Å². The van der Waals surface area contributed by atoms with Gasteiger partial charge in [0.05, 0.1) is 11.3 Å². The molecule has 1 rings (SSSR count). The fraction of sp³-hybridized carbons (Fsp3) is 0.222. The van der Waals surface area contributed by atoms with E-state index in [0.29, 0.717) is 0 Å². The monoisotopic (exact) mass is 217 g/mol. The number of carboxylic acids is 1. The summed E-state index contributed by atoms with van der Waals surface area (Å²) in [4.78, 5) is 10.6. The number of carboxylic acid groups (broad SMARTS) is 1. The van der Waals surface area contributed by atoms with Crippen LogP contribution in [0.15, 0.2) is 12.1 Å². The summed E-state index contributed by atoms with van der Waals surface area (Å²) in [6, 6.07) is 2.28. The predicted octanol–water partition coefficient (Wildman–Crippen LogP) is 1.88. The number of nitrogens with two attached hydrogens (primary N) is 1. The molecule has 0 spiro atoms. The molecule has 0 fully saturated rings. The highest BCUT2D eigenvalue weighted by Gasteiger charge is 2.15. The van der Waals surface area contributed by atoms with Crippen molar-refractivity contribution >= 4 is 11.7 Å². The van der Waals surface area contributed by atoms with E-state index >= 15 is 0 Å². The summed E-state index contributed by atoms with van der Waals surface area (Å²) >= 11 is 0. The highest BCUT2D eigenvalue weighted by Crippen LogP contribution is 2.28. The van der Waals surface area contributed by atoms with Crippen LogP contribution in [-0.4, -0.2) is 17.7 Å². The highest BCUT2D eigenvalue weighted by atomic mass is 19.3. The van der Waals surface area contributed by atoms with Crippen LogP contribution in [0.5, 0.6) is 5.75 Å². The Hall–Kier alpha value is -1.85. The molecule has 6 heteroatoms. The Bertz CT molecular complexity index is 393. The van der Waals surface area contributed by atoms with Crippen LogP contribution in [0.4, 0.5) is 14.5 Å². The Balaban J connectivity index is 3.15. The molecule has 0 aromatic heterocycles. The van der Waals surface area contributed by atoms with Crippen molar-refractivity contribution in [3.63, 3.8) is 0 Å². The van der Waals surface area contributed by atoms with Gasteiger partial charge in [-0.05, 0) is 19.1 Å². The van der Waals surface area contributed by atoms with E-state index in [4.69, 9.17) is 10.8 Å². The van der Waals surface area contributed by atoms with Crippen LogP contribution in [0.25, 0.3) is 0 Å². The third kappa shape index (κ3) is 2.34. The average Bonchev–Trinajstić information content (AvgIpc) is 2.12. The lowest BCUT2D eigenvalue weighted by molar-refractivity contribution is -0.0502. The molecular weight excluding hydrogens is 208 g/mol. The minimum Gasteiger partial charge on any atom is -0.478 e. The van der Waals surface area contributed by atoms with Crippen molar-refractivity contribution < 1.29 is 23.4 Å². The number of ether oxygens (including phenoxy) is 1. The molecule has 0 saturated heterocycles. The van der Waals surface area contributed by atoms with Crippen molar-refractivity contribution in [3.8, 4) is 5.75 Å². The lowest BCUT2D eigenvalue weighted by atomic mass is 10.1. The smallest absolute Gasteiger partial charge is 0.387 e. The van der Waals surface area contributed by atoms with E-state index in [-0.39, 0.29) is 22.6 Å². The lowest BCUT2D eigenvalue weighted by Gasteiger charge is -2.11. The lowest BCUT2D eigenvalue weighted by Crippen LogP contribution is -2.08. The first kappa shape index (κ1) is 11.2. The van der Waals surface area contributed by atoms with Crippen LogP contribution in [0.1, 0.15) is 15.9 Å². The maximum atomic E-state index is 11.9. The van der Waals surface area contributed by atoms with Crippen molar-refractivity contribution in [1.29, 1.82) is 0 Å². The molecule has 0 heterocycles. The first-order chi connectivity index (χ1) is 6.93. The summed E-state index contributed by atoms with van der Waals surface area (Å²) in [5.41, 5.74) is 5.45. The number of aromatic carboxylic acids is 1. The number of halogens is 2. The van der Waals surface area contributed by atoms with Gasteiger partial charge in [0.15, 0.2) is 0 Å². The molecule has 0 saturated carbocycles. The number of carbonyl (C=O) groups is 1. The van der Waals surface area contributed by atoms with E-state index in [1.54, 1.807) is 0 Å². The van der Waals surface area contributed by atoms with Gasteiger partial charge in [-0.15, -0.1) is 0 Å². The van der Waals surface area contributed by atoms with Gasteiger partial charge >= 0.3 is 12.6 Å². The minimum absolute atomic E-state index is 0.0688. The Kier molecular flexibility index (Phi) is 3.08. The van der Waals surface area contributed by atoms with Gasteiger partial charge in [0.1, 0.15) is 5.75 Å². The van der Waals surface area contributed by atoms with Gasteiger partial charge in [-0.1, -0.05) is 0 Å². The second-order valence-corrected chi connectivity index (χ2v) is 2.83. The zero-order valence-electron chi connectivity index (χ0n) is 7.83. The van der Waals surface area contributed by atoms with Gasteiger partial charge in [0.25, 0.3) is 0 Å². The SMILES string of the molecule is Cc1c(OC(F)F)ccc(C(=O)O)c1N. The van der Waals surface area contributed by atoms with Crippen molar-refractivity contribution in [2.45, 2.75) is 13.5 Å². The van der Waals surface area contributed by atoms with Crippen LogP contribution in [0.2, 0.25) is 0 Å². The molecule has 1 aromatic carbocycles. The summed E-state index contributed by atoms with van der Waals surface area (Å²) in [6.07, 6.45) is 0. The fourth-order valence-electron chi connectivity index (χ4n) is 1.12. The zero-order chi connectivity index (χ0) is 11.6. The van der Waals surface area contributed by atoms with Crippen molar-refractivity contribution in [3.05, 3.63) is 23.3 Å². The molecule has 0 aliphatic heterocycles. The molecule has 0 bridgehead atoms. The molecule has 0 radical (unpaired) electrons. The van der Waals surface area contributed by atoms with Gasteiger partial charge < -0.3 is 15.6 Å². The molecule has 1 aromatic rings. The summed E-state index contributed by atoms with van der Waals surface area (Å²) < 4.78 is 28.0. The third-order valence-corrected chi connectivity index (χ3v) is 1.91. The minimum atomic E-state index is -2.96. The molecule has 0 unspecified atom stereocenters. The fourth-order valence-corrected chi connectivity index (χ4v) is 1.12. The standard InChI is InChI=1S/C9H9F2NO3/c1-4-6(15-9(10)11)3-2-5(7(4)12)8(13)14/h2-3,9H,12H2,1H3,(H,13,14). The van der Waals surface area contributed by atoms with E-state index in [1.807, 2.05) is 0 Å². The second-order valence-electron chi connectivity index (χ2n) is 2.83. The first-order valence-corrected chi connectivity index (χ1v) is 4.00. The van der Waals surface area contributed by atoms with E-state index in [1.165, 1.54) is 6.92 Å². The molecule has 0 amide bonds.